The minimum atomic E-state index is -2.83. The summed E-state index contributed by atoms with van der Waals surface area (Å²) in [4.78, 5) is 9.18. The predicted octanol–water partition coefficient (Wildman–Crippen LogP) is 4.10. The Balaban J connectivity index is 2.16. The van der Waals surface area contributed by atoms with E-state index in [2.05, 4.69) is 22.3 Å². The summed E-state index contributed by atoms with van der Waals surface area (Å²) < 4.78 is 21.5. The molecule has 0 bridgehead atoms. The van der Waals surface area contributed by atoms with Crippen LogP contribution < -0.4 is 9.26 Å². The van der Waals surface area contributed by atoms with Gasteiger partial charge in [0.25, 0.3) is 0 Å². The molecule has 7 nitrogen and oxygen atoms in total. The molecule has 3 aromatic rings. The van der Waals surface area contributed by atoms with E-state index in [9.17, 15) is 9.46 Å². The standard InChI is InChI=1S/C18H18N3O4P/c1-10-7-13(8-11(2)12(10)3)17-18(20-21-19-17)15-6-5-14(24-4)9-16(15)25-26(22)23/h5-9H,1-4H3,(H-,19,20,21,22,23)/p+1. The molecule has 1 unspecified atom stereocenters. The summed E-state index contributed by atoms with van der Waals surface area (Å²) in [5.41, 5.74) is 6.15. The van der Waals surface area contributed by atoms with E-state index in [-0.39, 0.29) is 5.75 Å². The number of methoxy groups -OCH3 is 1. The molecule has 2 aromatic carbocycles. The molecule has 2 N–H and O–H groups in total. The molecule has 8 heteroatoms. The van der Waals surface area contributed by atoms with Gasteiger partial charge in [-0.3, -0.25) is 0 Å². The molecule has 1 atom stereocenters. The van der Waals surface area contributed by atoms with Crippen molar-refractivity contribution in [3.63, 3.8) is 0 Å². The highest BCUT2D eigenvalue weighted by molar-refractivity contribution is 7.32. The minimum Gasteiger partial charge on any atom is -0.497 e. The molecule has 134 valence electrons. The Morgan fingerprint density at radius 3 is 2.31 bits per heavy atom. The predicted molar refractivity (Wildman–Crippen MR) is 98.5 cm³/mol. The van der Waals surface area contributed by atoms with Gasteiger partial charge in [0.05, 0.1) is 12.7 Å². The van der Waals surface area contributed by atoms with Crippen molar-refractivity contribution in [2.75, 3.05) is 7.11 Å². The molecule has 0 radical (unpaired) electrons. The van der Waals surface area contributed by atoms with Crippen LogP contribution in [0.5, 0.6) is 11.5 Å². The van der Waals surface area contributed by atoms with E-state index in [1.165, 1.54) is 12.7 Å². The number of aromatic amines is 1. The van der Waals surface area contributed by atoms with Crippen LogP contribution in [0.4, 0.5) is 0 Å². The number of hydrogen-bond donors (Lipinski definition) is 2. The quantitative estimate of drug-likeness (QED) is 0.655. The highest BCUT2D eigenvalue weighted by atomic mass is 31.1. The zero-order chi connectivity index (χ0) is 18.8. The van der Waals surface area contributed by atoms with Gasteiger partial charge in [-0.2, -0.15) is 15.4 Å². The van der Waals surface area contributed by atoms with E-state index in [0.717, 1.165) is 16.7 Å². The fourth-order valence-electron chi connectivity index (χ4n) is 2.78. The van der Waals surface area contributed by atoms with E-state index < -0.39 is 8.25 Å². The maximum absolute atomic E-state index is 11.2. The van der Waals surface area contributed by atoms with Gasteiger partial charge in [-0.05, 0) is 61.7 Å². The van der Waals surface area contributed by atoms with Crippen molar-refractivity contribution in [1.82, 2.24) is 15.4 Å². The maximum atomic E-state index is 11.2. The topological polar surface area (TPSA) is 97.3 Å². The van der Waals surface area contributed by atoms with Crippen LogP contribution in [-0.4, -0.2) is 27.4 Å². The molecule has 1 heterocycles. The number of hydrogen-bond acceptors (Lipinski definition) is 5. The van der Waals surface area contributed by atoms with Crippen LogP contribution in [0.3, 0.4) is 0 Å². The summed E-state index contributed by atoms with van der Waals surface area (Å²) in [6.45, 7) is 6.17. The summed E-state index contributed by atoms with van der Waals surface area (Å²) in [6.07, 6.45) is 0. The van der Waals surface area contributed by atoms with Crippen LogP contribution in [0.1, 0.15) is 16.7 Å². The molecule has 0 aliphatic rings. The fourth-order valence-corrected chi connectivity index (χ4v) is 3.10. The van der Waals surface area contributed by atoms with Crippen LogP contribution in [0.25, 0.3) is 22.5 Å². The molecule has 0 aliphatic heterocycles. The Hall–Kier alpha value is -2.76. The second kappa shape index (κ2) is 7.23. The zero-order valence-electron chi connectivity index (χ0n) is 14.9. The number of aromatic nitrogens is 3. The van der Waals surface area contributed by atoms with Gasteiger partial charge in [0.1, 0.15) is 17.1 Å². The number of nitrogens with zero attached hydrogens (tertiary/aromatic N) is 2. The number of H-pyrrole nitrogens is 1. The van der Waals surface area contributed by atoms with Crippen LogP contribution >= 0.6 is 8.25 Å². The molecule has 3 rings (SSSR count). The third kappa shape index (κ3) is 3.45. The minimum absolute atomic E-state index is 0.198. The average molecular weight is 372 g/mol. The van der Waals surface area contributed by atoms with Gasteiger partial charge in [-0.1, -0.05) is 0 Å². The van der Waals surface area contributed by atoms with Crippen molar-refractivity contribution in [1.29, 1.82) is 0 Å². The van der Waals surface area contributed by atoms with Crippen LogP contribution in [0.2, 0.25) is 0 Å². The van der Waals surface area contributed by atoms with Gasteiger partial charge in [0, 0.05) is 16.2 Å². The zero-order valence-corrected chi connectivity index (χ0v) is 15.8. The lowest BCUT2D eigenvalue weighted by Crippen LogP contribution is -1.93. The first kappa shape index (κ1) is 18.0. The summed E-state index contributed by atoms with van der Waals surface area (Å²) in [5.74, 6) is 0.705. The Morgan fingerprint density at radius 1 is 1.04 bits per heavy atom. The SMILES string of the molecule is COc1ccc(-c2n[nH]nc2-c2cc(C)c(C)c(C)c2)c(O[P+](=O)O)c1. The first-order chi connectivity index (χ1) is 12.4. The van der Waals surface area contributed by atoms with Gasteiger partial charge in [0.15, 0.2) is 0 Å². The average Bonchev–Trinajstić information content (AvgIpc) is 3.08. The lowest BCUT2D eigenvalue weighted by molar-refractivity contribution is 0.400. The third-order valence-electron chi connectivity index (χ3n) is 4.37. The Morgan fingerprint density at radius 2 is 1.69 bits per heavy atom. The van der Waals surface area contributed by atoms with E-state index >= 15 is 0 Å². The Labute approximate surface area is 151 Å². The number of benzene rings is 2. The van der Waals surface area contributed by atoms with E-state index in [1.807, 2.05) is 26.0 Å². The summed E-state index contributed by atoms with van der Waals surface area (Å²) in [7, 11) is -1.32. The number of rotatable bonds is 5. The Bertz CT molecular complexity index is 961. The fraction of sp³-hybridized carbons (Fsp3) is 0.222. The van der Waals surface area contributed by atoms with Crippen molar-refractivity contribution in [3.05, 3.63) is 47.0 Å². The summed E-state index contributed by atoms with van der Waals surface area (Å²) in [6, 6.07) is 9.09. The first-order valence-electron chi connectivity index (χ1n) is 7.92. The molecule has 26 heavy (non-hydrogen) atoms. The van der Waals surface area contributed by atoms with E-state index in [1.54, 1.807) is 18.2 Å². The first-order valence-corrected chi connectivity index (χ1v) is 9.05. The summed E-state index contributed by atoms with van der Waals surface area (Å²) in [5, 5.41) is 11.1. The third-order valence-corrected chi connectivity index (χ3v) is 4.72. The number of nitrogens with one attached hydrogen (secondary N) is 1. The lowest BCUT2D eigenvalue weighted by atomic mass is 9.97. The van der Waals surface area contributed by atoms with E-state index in [0.29, 0.717) is 22.7 Å². The normalized spacial score (nSPS) is 11.3. The summed E-state index contributed by atoms with van der Waals surface area (Å²) >= 11 is 0. The van der Waals surface area contributed by atoms with Crippen molar-refractivity contribution in [2.24, 2.45) is 0 Å². The van der Waals surface area contributed by atoms with Gasteiger partial charge < -0.3 is 4.74 Å². The van der Waals surface area contributed by atoms with Crippen molar-refractivity contribution < 1.29 is 18.7 Å². The molecule has 0 aliphatic carbocycles. The number of aryl methyl sites for hydroxylation is 2. The maximum Gasteiger partial charge on any atom is 0.747 e. The number of ether oxygens (including phenoxy) is 1. The van der Waals surface area contributed by atoms with Crippen molar-refractivity contribution >= 4 is 8.25 Å². The van der Waals surface area contributed by atoms with Gasteiger partial charge in [-0.15, -0.1) is 4.89 Å². The van der Waals surface area contributed by atoms with Crippen LogP contribution in [0, 0.1) is 20.8 Å². The van der Waals surface area contributed by atoms with Crippen molar-refractivity contribution in [3.8, 4) is 34.0 Å². The molecule has 0 saturated carbocycles. The second-order valence-corrected chi connectivity index (χ2v) is 6.61. The highest BCUT2D eigenvalue weighted by Gasteiger charge is 2.24. The van der Waals surface area contributed by atoms with Gasteiger partial charge in [-0.25, -0.2) is 4.52 Å². The highest BCUT2D eigenvalue weighted by Crippen LogP contribution is 2.40. The van der Waals surface area contributed by atoms with Gasteiger partial charge in [0.2, 0.25) is 5.75 Å². The molecule has 0 amide bonds. The van der Waals surface area contributed by atoms with Crippen LogP contribution in [-0.2, 0) is 4.57 Å². The molecular formula is C18H19N3O4P+. The largest absolute Gasteiger partial charge is 0.747 e. The Kier molecular flexibility index (Phi) is 5.02. The smallest absolute Gasteiger partial charge is 0.497 e. The van der Waals surface area contributed by atoms with Gasteiger partial charge >= 0.3 is 8.25 Å². The lowest BCUT2D eigenvalue weighted by Gasteiger charge is -2.09. The van der Waals surface area contributed by atoms with Crippen molar-refractivity contribution in [2.45, 2.75) is 20.8 Å². The molecule has 1 aromatic heterocycles. The molecular weight excluding hydrogens is 353 g/mol. The van der Waals surface area contributed by atoms with E-state index in [4.69, 9.17) is 9.26 Å². The monoisotopic (exact) mass is 372 g/mol. The second-order valence-electron chi connectivity index (χ2n) is 5.95. The molecule has 0 saturated heterocycles. The molecule has 0 fully saturated rings. The van der Waals surface area contributed by atoms with Crippen LogP contribution in [0.15, 0.2) is 30.3 Å². The molecule has 0 spiro atoms.